The number of fused-ring (bicyclic) bond motifs is 1. The molecule has 1 aromatic heterocycles. The maximum absolute atomic E-state index is 11.1. The third-order valence-corrected chi connectivity index (χ3v) is 6.21. The average Bonchev–Trinajstić information content (AvgIpc) is 3.18. The molecule has 0 spiro atoms. The summed E-state index contributed by atoms with van der Waals surface area (Å²) < 4.78 is 23.5. The zero-order valence-electron chi connectivity index (χ0n) is 18.4. The summed E-state index contributed by atoms with van der Waals surface area (Å²) >= 11 is 1.58. The summed E-state index contributed by atoms with van der Waals surface area (Å²) in [4.78, 5) is 12.1. The first-order valence-electron chi connectivity index (χ1n) is 10.1. The molecule has 0 aliphatic heterocycles. The number of ether oxygens (including phenoxy) is 4. The van der Waals surface area contributed by atoms with E-state index in [0.29, 0.717) is 23.8 Å². The van der Waals surface area contributed by atoms with Crippen LogP contribution in [0.15, 0.2) is 60.7 Å². The van der Waals surface area contributed by atoms with E-state index in [1.54, 1.807) is 56.9 Å². The summed E-state index contributed by atoms with van der Waals surface area (Å²) in [5.41, 5.74) is 1.05. The van der Waals surface area contributed by atoms with Crippen molar-refractivity contribution < 1.29 is 28.8 Å². The van der Waals surface area contributed by atoms with Crippen molar-refractivity contribution >= 4 is 62.6 Å². The number of carbonyl (C=O) groups is 1. The first-order chi connectivity index (χ1) is 16.0. The van der Waals surface area contributed by atoms with Crippen LogP contribution in [0.4, 0.5) is 5.69 Å². The number of anilines is 1. The standard InChI is InChI=1S/C25H23NO6S.Na.H/c1-29-17-8-10-18(11-9-17)32-24-19-12-20(30-2)21(31-3)13-22(19)33-23(24)14-26-16-6-4-15(5-7-16)25(27)28;;/h4-13,26H,14H2,1-3H3,(H,27,28);;. The van der Waals surface area contributed by atoms with E-state index in [-0.39, 0.29) is 35.1 Å². The van der Waals surface area contributed by atoms with Crippen molar-refractivity contribution in [2.75, 3.05) is 26.6 Å². The van der Waals surface area contributed by atoms with Crippen LogP contribution in [-0.4, -0.2) is 62.0 Å². The number of rotatable bonds is 9. The predicted octanol–water partition coefficient (Wildman–Crippen LogP) is 5.38. The molecule has 4 aromatic rings. The number of carboxylic acids is 1. The van der Waals surface area contributed by atoms with Crippen molar-refractivity contribution in [1.82, 2.24) is 0 Å². The van der Waals surface area contributed by atoms with E-state index in [9.17, 15) is 4.79 Å². The van der Waals surface area contributed by atoms with Gasteiger partial charge < -0.3 is 29.4 Å². The quantitative estimate of drug-likeness (QED) is 0.305. The zero-order chi connectivity index (χ0) is 23.4. The van der Waals surface area contributed by atoms with Crippen molar-refractivity contribution in [3.05, 3.63) is 71.1 Å². The number of benzene rings is 3. The minimum absolute atomic E-state index is 0. The molecule has 0 saturated carbocycles. The van der Waals surface area contributed by atoms with Gasteiger partial charge in [-0.05, 0) is 54.6 Å². The second kappa shape index (κ2) is 11.5. The van der Waals surface area contributed by atoms with Gasteiger partial charge in [-0.1, -0.05) is 0 Å². The number of hydrogen-bond donors (Lipinski definition) is 2. The van der Waals surface area contributed by atoms with Crippen LogP contribution < -0.4 is 24.3 Å². The van der Waals surface area contributed by atoms with Crippen LogP contribution in [0.3, 0.4) is 0 Å². The third kappa shape index (κ3) is 5.59. The topological polar surface area (TPSA) is 86.3 Å². The Morgan fingerprint density at radius 2 is 1.50 bits per heavy atom. The SMILES string of the molecule is COc1ccc(Oc2c(CNc3ccc(C(=O)O)cc3)sc3cc(OC)c(OC)cc23)cc1.[NaH]. The number of nitrogens with one attached hydrogen (secondary N) is 1. The molecule has 7 nitrogen and oxygen atoms in total. The summed E-state index contributed by atoms with van der Waals surface area (Å²) in [6.07, 6.45) is 0. The Bertz CT molecular complexity index is 1270. The Morgan fingerprint density at radius 3 is 2.09 bits per heavy atom. The molecule has 0 saturated heterocycles. The molecule has 9 heteroatoms. The van der Waals surface area contributed by atoms with Gasteiger partial charge in [-0.25, -0.2) is 4.79 Å². The number of carboxylic acid groups (broad SMARTS) is 1. The fraction of sp³-hybridized carbons (Fsp3) is 0.160. The van der Waals surface area contributed by atoms with Crippen molar-refractivity contribution in [3.8, 4) is 28.7 Å². The summed E-state index contributed by atoms with van der Waals surface area (Å²) in [7, 11) is 4.83. The monoisotopic (exact) mass is 489 g/mol. The van der Waals surface area contributed by atoms with Gasteiger partial charge in [0.1, 0.15) is 11.5 Å². The molecular weight excluding hydrogens is 465 g/mol. The Labute approximate surface area is 223 Å². The Balaban J connectivity index is 0.00000324. The van der Waals surface area contributed by atoms with Crippen LogP contribution in [0.25, 0.3) is 10.1 Å². The van der Waals surface area contributed by atoms with Gasteiger partial charge in [-0.2, -0.15) is 0 Å². The van der Waals surface area contributed by atoms with Gasteiger partial charge in [0, 0.05) is 21.8 Å². The molecule has 0 unspecified atom stereocenters. The van der Waals surface area contributed by atoms with Crippen LogP contribution >= 0.6 is 11.3 Å². The van der Waals surface area contributed by atoms with Crippen LogP contribution in [-0.2, 0) is 6.54 Å². The van der Waals surface area contributed by atoms with Crippen molar-refractivity contribution in [1.29, 1.82) is 0 Å². The summed E-state index contributed by atoms with van der Waals surface area (Å²) in [5.74, 6) is 2.45. The summed E-state index contributed by atoms with van der Waals surface area (Å²) in [6, 6.07) is 17.9. The van der Waals surface area contributed by atoms with Crippen molar-refractivity contribution in [2.45, 2.75) is 6.54 Å². The fourth-order valence-electron chi connectivity index (χ4n) is 3.35. The number of thiophene rings is 1. The van der Waals surface area contributed by atoms with E-state index in [0.717, 1.165) is 32.1 Å². The van der Waals surface area contributed by atoms with Gasteiger partial charge in [-0.3, -0.25) is 0 Å². The molecule has 0 bridgehead atoms. The predicted molar refractivity (Wildman–Crippen MR) is 136 cm³/mol. The molecular formula is C25H24NNaO6S. The van der Waals surface area contributed by atoms with Gasteiger partial charge in [0.05, 0.1) is 38.3 Å². The molecule has 172 valence electrons. The molecule has 34 heavy (non-hydrogen) atoms. The number of methoxy groups -OCH3 is 3. The molecule has 4 rings (SSSR count). The maximum atomic E-state index is 11.1. The molecule has 0 aliphatic carbocycles. The average molecular weight is 490 g/mol. The van der Waals surface area contributed by atoms with E-state index >= 15 is 0 Å². The van der Waals surface area contributed by atoms with Crippen molar-refractivity contribution in [3.63, 3.8) is 0 Å². The normalized spacial score (nSPS) is 10.3. The first-order valence-corrected chi connectivity index (χ1v) is 10.9. The van der Waals surface area contributed by atoms with Crippen LogP contribution in [0, 0.1) is 0 Å². The zero-order valence-corrected chi connectivity index (χ0v) is 19.2. The number of hydrogen-bond acceptors (Lipinski definition) is 7. The molecule has 0 atom stereocenters. The van der Waals surface area contributed by atoms with E-state index in [4.69, 9.17) is 24.1 Å². The Hall–Kier alpha value is -2.91. The Kier molecular flexibility index (Phi) is 8.68. The van der Waals surface area contributed by atoms with Crippen LogP contribution in [0.5, 0.6) is 28.7 Å². The second-order valence-electron chi connectivity index (χ2n) is 7.07. The summed E-state index contributed by atoms with van der Waals surface area (Å²) in [6.45, 7) is 0.488. The third-order valence-electron chi connectivity index (χ3n) is 5.08. The van der Waals surface area contributed by atoms with E-state index < -0.39 is 5.97 Å². The molecule has 1 heterocycles. The first kappa shape index (κ1) is 25.7. The van der Waals surface area contributed by atoms with Gasteiger partial charge in [0.15, 0.2) is 17.2 Å². The summed E-state index contributed by atoms with van der Waals surface area (Å²) in [5, 5.41) is 13.3. The molecule has 3 aromatic carbocycles. The molecule has 0 amide bonds. The fourth-order valence-corrected chi connectivity index (χ4v) is 4.44. The van der Waals surface area contributed by atoms with Gasteiger partial charge in [-0.15, -0.1) is 11.3 Å². The van der Waals surface area contributed by atoms with Gasteiger partial charge in [0.25, 0.3) is 0 Å². The number of aromatic carboxylic acids is 1. The minimum atomic E-state index is -0.955. The van der Waals surface area contributed by atoms with Crippen molar-refractivity contribution in [2.24, 2.45) is 0 Å². The van der Waals surface area contributed by atoms with E-state index in [1.165, 1.54) is 0 Å². The van der Waals surface area contributed by atoms with E-state index in [2.05, 4.69) is 5.32 Å². The van der Waals surface area contributed by atoms with E-state index in [1.807, 2.05) is 36.4 Å². The van der Waals surface area contributed by atoms with Gasteiger partial charge in [0.2, 0.25) is 0 Å². The second-order valence-corrected chi connectivity index (χ2v) is 8.21. The van der Waals surface area contributed by atoms with Crippen LogP contribution in [0.1, 0.15) is 15.2 Å². The molecule has 0 radical (unpaired) electrons. The van der Waals surface area contributed by atoms with Crippen LogP contribution in [0.2, 0.25) is 0 Å². The van der Waals surface area contributed by atoms with Gasteiger partial charge >= 0.3 is 35.5 Å². The molecule has 0 aliphatic rings. The molecule has 2 N–H and O–H groups in total. The Morgan fingerprint density at radius 1 is 0.882 bits per heavy atom. The molecule has 0 fully saturated rings.